The van der Waals surface area contributed by atoms with Crippen LogP contribution in [0, 0.1) is 5.82 Å². The molecule has 4 rings (SSSR count). The summed E-state index contributed by atoms with van der Waals surface area (Å²) in [4.78, 5) is 32.1. The molecule has 0 radical (unpaired) electrons. The molecule has 1 aliphatic rings. The minimum absolute atomic E-state index is 0.0270. The van der Waals surface area contributed by atoms with Crippen molar-refractivity contribution in [3.8, 4) is 0 Å². The van der Waals surface area contributed by atoms with Crippen LogP contribution in [0.2, 0.25) is 15.1 Å². The van der Waals surface area contributed by atoms with Crippen molar-refractivity contribution in [2.45, 2.75) is 18.2 Å². The second-order valence-corrected chi connectivity index (χ2v) is 9.91. The van der Waals surface area contributed by atoms with Crippen LogP contribution < -0.4 is 5.32 Å². The lowest BCUT2D eigenvalue weighted by Gasteiger charge is -2.32. The summed E-state index contributed by atoms with van der Waals surface area (Å²) in [6.45, 7) is 0.251. The van der Waals surface area contributed by atoms with Crippen molar-refractivity contribution in [2.24, 2.45) is 4.99 Å². The fourth-order valence-electron chi connectivity index (χ4n) is 3.24. The number of halogens is 4. The van der Waals surface area contributed by atoms with E-state index in [1.807, 2.05) is 12.1 Å². The SMILES string of the molecule is O=C(Nc1cc(Cl)cc(Cl)c1)C1CC(=O)N(Cc2ccc(Cl)cc2)C(=Nc2ccc(F)cc2)S1. The Morgan fingerprint density at radius 3 is 2.29 bits per heavy atom. The van der Waals surface area contributed by atoms with Crippen LogP contribution in [0.5, 0.6) is 0 Å². The third-order valence-electron chi connectivity index (χ3n) is 4.87. The minimum atomic E-state index is -0.731. The largest absolute Gasteiger partial charge is 0.325 e. The highest BCUT2D eigenvalue weighted by atomic mass is 35.5. The van der Waals surface area contributed by atoms with Gasteiger partial charge in [-0.25, -0.2) is 9.38 Å². The summed E-state index contributed by atoms with van der Waals surface area (Å²) < 4.78 is 13.4. The Morgan fingerprint density at radius 2 is 1.65 bits per heavy atom. The fourth-order valence-corrected chi connectivity index (χ4v) is 4.99. The summed E-state index contributed by atoms with van der Waals surface area (Å²) in [5.74, 6) is -1.04. The van der Waals surface area contributed by atoms with Gasteiger partial charge in [0.25, 0.3) is 0 Å². The Hall–Kier alpha value is -2.58. The predicted octanol–water partition coefficient (Wildman–Crippen LogP) is 6.95. The monoisotopic (exact) mass is 535 g/mol. The van der Waals surface area contributed by atoms with Gasteiger partial charge in [0.15, 0.2) is 5.17 Å². The lowest BCUT2D eigenvalue weighted by atomic mass is 10.2. The molecule has 1 heterocycles. The Balaban J connectivity index is 1.60. The Morgan fingerprint density at radius 1 is 1.00 bits per heavy atom. The van der Waals surface area contributed by atoms with Gasteiger partial charge in [0.05, 0.1) is 12.2 Å². The molecule has 1 fully saturated rings. The van der Waals surface area contributed by atoms with Gasteiger partial charge in [-0.1, -0.05) is 58.7 Å². The van der Waals surface area contributed by atoms with Gasteiger partial charge in [0.2, 0.25) is 11.8 Å². The summed E-state index contributed by atoms with van der Waals surface area (Å²) in [6, 6.07) is 17.4. The van der Waals surface area contributed by atoms with Crippen LogP contribution in [-0.2, 0) is 16.1 Å². The molecule has 3 aromatic rings. The zero-order chi connectivity index (χ0) is 24.2. The average molecular weight is 537 g/mol. The Bertz CT molecular complexity index is 1230. The van der Waals surface area contributed by atoms with Crippen molar-refractivity contribution in [3.05, 3.63) is 93.2 Å². The molecule has 1 atom stereocenters. The van der Waals surface area contributed by atoms with E-state index < -0.39 is 11.1 Å². The number of thioether (sulfide) groups is 1. The molecule has 2 amide bonds. The molecule has 1 aliphatic heterocycles. The van der Waals surface area contributed by atoms with Crippen LogP contribution in [0.1, 0.15) is 12.0 Å². The summed E-state index contributed by atoms with van der Waals surface area (Å²) in [7, 11) is 0. The maximum atomic E-state index is 13.4. The van der Waals surface area contributed by atoms with Crippen LogP contribution in [0.4, 0.5) is 15.8 Å². The van der Waals surface area contributed by atoms with Crippen molar-refractivity contribution in [3.63, 3.8) is 0 Å². The maximum Gasteiger partial charge on any atom is 0.238 e. The predicted molar refractivity (Wildman–Crippen MR) is 137 cm³/mol. The van der Waals surface area contributed by atoms with E-state index in [0.717, 1.165) is 17.3 Å². The number of carbonyl (C=O) groups is 2. The zero-order valence-corrected chi connectivity index (χ0v) is 20.6. The molecule has 34 heavy (non-hydrogen) atoms. The van der Waals surface area contributed by atoms with Crippen molar-refractivity contribution < 1.29 is 14.0 Å². The number of nitrogens with one attached hydrogen (secondary N) is 1. The van der Waals surface area contributed by atoms with Gasteiger partial charge >= 0.3 is 0 Å². The minimum Gasteiger partial charge on any atom is -0.325 e. The van der Waals surface area contributed by atoms with Crippen LogP contribution >= 0.6 is 46.6 Å². The first kappa shape index (κ1) is 24.5. The summed E-state index contributed by atoms with van der Waals surface area (Å²) in [6.07, 6.45) is -0.0270. The van der Waals surface area contributed by atoms with Gasteiger partial charge < -0.3 is 5.32 Å². The van der Waals surface area contributed by atoms with Crippen molar-refractivity contribution in [2.75, 3.05) is 5.32 Å². The normalized spacial score (nSPS) is 17.2. The van der Waals surface area contributed by atoms with Crippen LogP contribution in [0.15, 0.2) is 71.7 Å². The van der Waals surface area contributed by atoms with Gasteiger partial charge in [-0.3, -0.25) is 14.5 Å². The molecule has 174 valence electrons. The lowest BCUT2D eigenvalue weighted by molar-refractivity contribution is -0.129. The van der Waals surface area contributed by atoms with Crippen LogP contribution in [-0.4, -0.2) is 27.1 Å². The van der Waals surface area contributed by atoms with E-state index in [9.17, 15) is 14.0 Å². The number of amides is 2. The number of hydrogen-bond donors (Lipinski definition) is 1. The highest BCUT2D eigenvalue weighted by Gasteiger charge is 2.36. The van der Waals surface area contributed by atoms with Crippen LogP contribution in [0.25, 0.3) is 0 Å². The number of rotatable bonds is 5. The molecule has 0 saturated carbocycles. The fraction of sp³-hybridized carbons (Fsp3) is 0.125. The first-order chi connectivity index (χ1) is 16.3. The van der Waals surface area contributed by atoms with E-state index in [1.54, 1.807) is 30.3 Å². The highest BCUT2D eigenvalue weighted by molar-refractivity contribution is 8.15. The maximum absolute atomic E-state index is 13.4. The highest BCUT2D eigenvalue weighted by Crippen LogP contribution is 2.32. The number of hydrogen-bond acceptors (Lipinski definition) is 4. The van der Waals surface area contributed by atoms with Gasteiger partial charge in [-0.15, -0.1) is 0 Å². The number of anilines is 1. The number of carbonyl (C=O) groups excluding carboxylic acids is 2. The van der Waals surface area contributed by atoms with Crippen molar-refractivity contribution in [1.29, 1.82) is 0 Å². The first-order valence-corrected chi connectivity index (χ1v) is 12.1. The molecule has 10 heteroatoms. The molecular formula is C24H17Cl3FN3O2S. The standard InChI is InChI=1S/C24H17Cl3FN3O2S/c25-15-3-1-14(2-4-15)13-31-22(32)12-21(23(33)29-20-10-16(26)9-17(27)11-20)34-24(31)30-19-7-5-18(28)6-8-19/h1-11,21H,12-13H2,(H,29,33). The van der Waals surface area contributed by atoms with E-state index in [2.05, 4.69) is 10.3 Å². The second-order valence-electron chi connectivity index (χ2n) is 7.44. The van der Waals surface area contributed by atoms with E-state index >= 15 is 0 Å². The Labute approximate surface area is 214 Å². The zero-order valence-electron chi connectivity index (χ0n) is 17.5. The first-order valence-electron chi connectivity index (χ1n) is 10.1. The van der Waals surface area contributed by atoms with Crippen molar-refractivity contribution in [1.82, 2.24) is 4.90 Å². The molecule has 0 aromatic heterocycles. The molecule has 1 unspecified atom stereocenters. The van der Waals surface area contributed by atoms with Crippen LogP contribution in [0.3, 0.4) is 0 Å². The topological polar surface area (TPSA) is 61.8 Å². The summed E-state index contributed by atoms with van der Waals surface area (Å²) in [5, 5.41) is 3.70. The van der Waals surface area contributed by atoms with E-state index in [4.69, 9.17) is 34.8 Å². The number of amidine groups is 1. The van der Waals surface area contributed by atoms with Crippen molar-refractivity contribution >= 4 is 74.9 Å². The molecule has 0 bridgehead atoms. The molecule has 5 nitrogen and oxygen atoms in total. The number of nitrogens with zero attached hydrogens (tertiary/aromatic N) is 2. The molecule has 0 spiro atoms. The summed E-state index contributed by atoms with van der Waals surface area (Å²) in [5.41, 5.74) is 1.73. The quantitative estimate of drug-likeness (QED) is 0.384. The third kappa shape index (κ3) is 6.30. The molecule has 1 saturated heterocycles. The number of benzene rings is 3. The molecular weight excluding hydrogens is 520 g/mol. The smallest absolute Gasteiger partial charge is 0.238 e. The van der Waals surface area contributed by atoms with Gasteiger partial charge in [0.1, 0.15) is 11.1 Å². The van der Waals surface area contributed by atoms with E-state index in [-0.39, 0.29) is 24.8 Å². The molecule has 1 N–H and O–H groups in total. The van der Waals surface area contributed by atoms with E-state index in [1.165, 1.54) is 29.2 Å². The molecule has 0 aliphatic carbocycles. The average Bonchev–Trinajstić information content (AvgIpc) is 2.78. The van der Waals surface area contributed by atoms with Gasteiger partial charge in [-0.2, -0.15) is 0 Å². The van der Waals surface area contributed by atoms with Gasteiger partial charge in [-0.05, 0) is 60.2 Å². The number of aliphatic imine (C=N–C) groups is 1. The Kier molecular flexibility index (Phi) is 7.78. The third-order valence-corrected chi connectivity index (χ3v) is 6.74. The van der Waals surface area contributed by atoms with Gasteiger partial charge in [0, 0.05) is 27.2 Å². The lowest BCUT2D eigenvalue weighted by Crippen LogP contribution is -2.44. The summed E-state index contributed by atoms with van der Waals surface area (Å²) >= 11 is 19.2. The molecule has 3 aromatic carbocycles. The van der Waals surface area contributed by atoms with E-state index in [0.29, 0.717) is 31.6 Å². The second kappa shape index (κ2) is 10.8.